The number of ether oxygens (including phenoxy) is 1. The molecule has 0 bridgehead atoms. The molecule has 2 heterocycles. The predicted octanol–water partition coefficient (Wildman–Crippen LogP) is 1.49. The lowest BCUT2D eigenvalue weighted by atomic mass is 9.92. The molecule has 2 aliphatic rings. The van der Waals surface area contributed by atoms with E-state index in [2.05, 4.69) is 31.1 Å². The Morgan fingerprint density at radius 2 is 2.13 bits per heavy atom. The van der Waals surface area contributed by atoms with Gasteiger partial charge in [-0.3, -0.25) is 0 Å². The van der Waals surface area contributed by atoms with Gasteiger partial charge < -0.3 is 15.0 Å². The maximum atomic E-state index is 5.87. The summed E-state index contributed by atoms with van der Waals surface area (Å²) in [6.07, 6.45) is 3.75. The Bertz CT molecular complexity index is 161. The monoisotopic (exact) mass is 214 g/mol. The maximum absolute atomic E-state index is 5.87. The topological polar surface area (TPSA) is 24.5 Å². The van der Waals surface area contributed by atoms with Gasteiger partial charge in [-0.25, -0.2) is 0 Å². The lowest BCUT2D eigenvalue weighted by molar-refractivity contribution is -0.101. The van der Waals surface area contributed by atoms with Crippen LogP contribution in [0.5, 0.6) is 0 Å². The van der Waals surface area contributed by atoms with Crippen molar-refractivity contribution in [2.75, 3.05) is 39.8 Å². The number of likely N-dealkylation sites (N-methyl/N-ethyl adjacent to an activating group) is 1. The number of likely N-dealkylation sites (tertiary alicyclic amines) is 1. The van der Waals surface area contributed by atoms with Crippen molar-refractivity contribution in [3.8, 4) is 0 Å². The Morgan fingerprint density at radius 3 is 2.67 bits per heavy atom. The van der Waals surface area contributed by atoms with Crippen LogP contribution in [0.3, 0.4) is 0 Å². The van der Waals surface area contributed by atoms with E-state index in [1.165, 1.54) is 25.8 Å². The molecule has 2 saturated heterocycles. The largest absolute Gasteiger partial charge is 0.371 e. The summed E-state index contributed by atoms with van der Waals surface area (Å²) in [4.78, 5) is 2.37. The first-order valence-electron chi connectivity index (χ1n) is 6.25. The van der Waals surface area contributed by atoms with E-state index < -0.39 is 0 Å². The van der Waals surface area contributed by atoms with Crippen molar-refractivity contribution in [1.82, 2.24) is 10.2 Å². The second-order valence-electron chi connectivity index (χ2n) is 4.76. The summed E-state index contributed by atoms with van der Waals surface area (Å²) in [6.45, 7) is 9.52. The van der Waals surface area contributed by atoms with Crippen molar-refractivity contribution in [2.24, 2.45) is 0 Å². The first-order chi connectivity index (χ1) is 7.22. The average molecular weight is 214 g/mol. The Kier molecular flexibility index (Phi) is 5.58. The van der Waals surface area contributed by atoms with E-state index in [0.717, 1.165) is 26.2 Å². The zero-order valence-electron chi connectivity index (χ0n) is 10.5. The average Bonchev–Trinajstić information content (AvgIpc) is 2.19. The van der Waals surface area contributed by atoms with Crippen LogP contribution in [-0.2, 0) is 4.74 Å². The van der Waals surface area contributed by atoms with Gasteiger partial charge in [-0.1, -0.05) is 20.3 Å². The minimum absolute atomic E-state index is 0.144. The smallest absolute Gasteiger partial charge is 0.0933 e. The number of hydrogen-bond donors (Lipinski definition) is 1. The van der Waals surface area contributed by atoms with Gasteiger partial charge in [0.15, 0.2) is 0 Å². The highest BCUT2D eigenvalue weighted by Gasteiger charge is 2.36. The molecule has 90 valence electrons. The molecule has 1 atom stereocenters. The Balaban J connectivity index is 0.000000337. The molecule has 0 aromatic carbocycles. The van der Waals surface area contributed by atoms with Crippen molar-refractivity contribution < 1.29 is 4.74 Å². The van der Waals surface area contributed by atoms with Crippen LogP contribution in [0.25, 0.3) is 0 Å². The number of nitrogens with zero attached hydrogens (tertiary/aromatic N) is 1. The van der Waals surface area contributed by atoms with Crippen molar-refractivity contribution in [3.05, 3.63) is 0 Å². The third kappa shape index (κ3) is 4.09. The molecule has 1 N–H and O–H groups in total. The molecule has 15 heavy (non-hydrogen) atoms. The summed E-state index contributed by atoms with van der Waals surface area (Å²) >= 11 is 0. The SMILES string of the molecule is CCC.CN1CCCC2(CNCCO2)C1. The first kappa shape index (κ1) is 12.9. The molecule has 1 spiro atoms. The van der Waals surface area contributed by atoms with E-state index >= 15 is 0 Å². The lowest BCUT2D eigenvalue weighted by Crippen LogP contribution is -2.57. The zero-order chi connectivity index (χ0) is 11.1. The summed E-state index contributed by atoms with van der Waals surface area (Å²) in [5.41, 5.74) is 0.144. The highest BCUT2D eigenvalue weighted by molar-refractivity contribution is 4.91. The number of rotatable bonds is 0. The molecular weight excluding hydrogens is 188 g/mol. The van der Waals surface area contributed by atoms with Gasteiger partial charge in [-0.05, 0) is 26.4 Å². The minimum Gasteiger partial charge on any atom is -0.371 e. The van der Waals surface area contributed by atoms with Crippen LogP contribution in [0.2, 0.25) is 0 Å². The van der Waals surface area contributed by atoms with Gasteiger partial charge in [0.05, 0.1) is 12.2 Å². The Hall–Kier alpha value is -0.120. The normalized spacial score (nSPS) is 32.2. The molecule has 2 fully saturated rings. The molecule has 0 aliphatic carbocycles. The molecule has 2 aliphatic heterocycles. The minimum atomic E-state index is 0.144. The van der Waals surface area contributed by atoms with Gasteiger partial charge in [0.2, 0.25) is 0 Å². The molecule has 0 radical (unpaired) electrons. The molecule has 0 amide bonds. The van der Waals surface area contributed by atoms with Gasteiger partial charge in [0.1, 0.15) is 0 Å². The van der Waals surface area contributed by atoms with Crippen LogP contribution in [0.15, 0.2) is 0 Å². The highest BCUT2D eigenvalue weighted by Crippen LogP contribution is 2.25. The maximum Gasteiger partial charge on any atom is 0.0933 e. The predicted molar refractivity (Wildman–Crippen MR) is 64.2 cm³/mol. The molecule has 2 rings (SSSR count). The second-order valence-corrected chi connectivity index (χ2v) is 4.76. The summed E-state index contributed by atoms with van der Waals surface area (Å²) in [6, 6.07) is 0. The summed E-state index contributed by atoms with van der Waals surface area (Å²) in [5, 5.41) is 3.41. The molecule has 3 nitrogen and oxygen atoms in total. The third-order valence-electron chi connectivity index (χ3n) is 2.86. The molecule has 0 aromatic rings. The lowest BCUT2D eigenvalue weighted by Gasteiger charge is -2.43. The molecular formula is C12H26N2O. The Labute approximate surface area is 94.2 Å². The van der Waals surface area contributed by atoms with Crippen LogP contribution in [-0.4, -0.2) is 50.3 Å². The molecule has 1 unspecified atom stereocenters. The van der Waals surface area contributed by atoms with E-state index in [0.29, 0.717) is 0 Å². The van der Waals surface area contributed by atoms with Crippen LogP contribution in [0, 0.1) is 0 Å². The second kappa shape index (κ2) is 6.46. The summed E-state index contributed by atoms with van der Waals surface area (Å²) in [7, 11) is 2.18. The Morgan fingerprint density at radius 1 is 1.40 bits per heavy atom. The van der Waals surface area contributed by atoms with E-state index in [4.69, 9.17) is 4.74 Å². The van der Waals surface area contributed by atoms with Gasteiger partial charge in [0, 0.05) is 19.6 Å². The van der Waals surface area contributed by atoms with Crippen molar-refractivity contribution >= 4 is 0 Å². The van der Waals surface area contributed by atoms with Gasteiger partial charge in [-0.15, -0.1) is 0 Å². The number of hydrogen-bond acceptors (Lipinski definition) is 3. The van der Waals surface area contributed by atoms with Crippen molar-refractivity contribution in [2.45, 2.75) is 38.7 Å². The molecule has 0 saturated carbocycles. The van der Waals surface area contributed by atoms with Crippen molar-refractivity contribution in [1.29, 1.82) is 0 Å². The zero-order valence-corrected chi connectivity index (χ0v) is 10.5. The van der Waals surface area contributed by atoms with E-state index in [-0.39, 0.29) is 5.60 Å². The van der Waals surface area contributed by atoms with E-state index in [1.54, 1.807) is 0 Å². The summed E-state index contributed by atoms with van der Waals surface area (Å²) < 4.78 is 5.87. The third-order valence-corrected chi connectivity index (χ3v) is 2.86. The first-order valence-corrected chi connectivity index (χ1v) is 6.25. The number of piperidine rings is 1. The fourth-order valence-electron chi connectivity index (χ4n) is 2.29. The van der Waals surface area contributed by atoms with Crippen LogP contribution < -0.4 is 5.32 Å². The van der Waals surface area contributed by atoms with E-state index in [9.17, 15) is 0 Å². The fourth-order valence-corrected chi connectivity index (χ4v) is 2.29. The van der Waals surface area contributed by atoms with Gasteiger partial charge in [-0.2, -0.15) is 0 Å². The van der Waals surface area contributed by atoms with Gasteiger partial charge in [0.25, 0.3) is 0 Å². The number of nitrogens with one attached hydrogen (secondary N) is 1. The fraction of sp³-hybridized carbons (Fsp3) is 1.00. The standard InChI is InChI=1S/C9H18N2O.C3H8/c1-11-5-2-3-9(8-11)7-10-4-6-12-9;1-3-2/h10H,2-8H2,1H3;3H2,1-2H3. The highest BCUT2D eigenvalue weighted by atomic mass is 16.5. The quantitative estimate of drug-likeness (QED) is 0.661. The number of morpholine rings is 1. The van der Waals surface area contributed by atoms with E-state index in [1.807, 2.05) is 0 Å². The van der Waals surface area contributed by atoms with Crippen LogP contribution in [0.1, 0.15) is 33.1 Å². The molecule has 0 aromatic heterocycles. The van der Waals surface area contributed by atoms with Crippen molar-refractivity contribution in [3.63, 3.8) is 0 Å². The van der Waals surface area contributed by atoms with Gasteiger partial charge >= 0.3 is 0 Å². The van der Waals surface area contributed by atoms with Crippen LogP contribution >= 0.6 is 0 Å². The van der Waals surface area contributed by atoms with Crippen LogP contribution in [0.4, 0.5) is 0 Å². The summed E-state index contributed by atoms with van der Waals surface area (Å²) in [5.74, 6) is 0. The molecule has 3 heteroatoms.